The van der Waals surface area contributed by atoms with E-state index in [1.165, 1.54) is 0 Å². The highest BCUT2D eigenvalue weighted by Crippen LogP contribution is 2.49. The van der Waals surface area contributed by atoms with Crippen molar-refractivity contribution in [3.8, 4) is 0 Å². The van der Waals surface area contributed by atoms with Crippen molar-refractivity contribution in [1.82, 2.24) is 4.90 Å². The second kappa shape index (κ2) is 13.7. The number of hydrogen-bond donors (Lipinski definition) is 0. The number of unbranched alkanes of at least 4 members (excludes halogenated alkanes) is 2. The number of nitrogens with zero attached hydrogens (tertiary/aromatic N) is 1. The molecule has 0 fully saturated rings. The highest BCUT2D eigenvalue weighted by atomic mass is 31.2. The zero-order valence-electron chi connectivity index (χ0n) is 14.3. The fraction of sp³-hybridized carbons (Fsp3) is 1.00. The second-order valence-corrected chi connectivity index (χ2v) is 6.70. The second-order valence-electron chi connectivity index (χ2n) is 5.03. The Bertz CT molecular complexity index is 258. The molecule has 0 amide bonds. The first-order valence-corrected chi connectivity index (χ1v) is 9.83. The summed E-state index contributed by atoms with van der Waals surface area (Å²) in [4.78, 5) is 2.31. The molecule has 0 aromatic rings. The van der Waals surface area contributed by atoms with E-state index in [2.05, 4.69) is 32.6 Å². The molecule has 0 aliphatic heterocycles. The summed E-state index contributed by atoms with van der Waals surface area (Å²) < 4.78 is 28.7. The molecule has 0 aliphatic rings. The van der Waals surface area contributed by atoms with Gasteiger partial charge in [0.1, 0.15) is 0 Å². The number of rotatable bonds is 15. The molecule has 0 radical (unpaired) electrons. The lowest BCUT2D eigenvalue weighted by atomic mass is 10.4. The monoisotopic (exact) mass is 323 g/mol. The zero-order valence-corrected chi connectivity index (χ0v) is 15.2. The third kappa shape index (κ3) is 11.3. The van der Waals surface area contributed by atoms with Crippen molar-refractivity contribution in [2.45, 2.75) is 59.8 Å². The predicted octanol–water partition coefficient (Wildman–Crippen LogP) is 4.48. The molecule has 21 heavy (non-hydrogen) atoms. The van der Waals surface area contributed by atoms with Gasteiger partial charge in [0.2, 0.25) is 0 Å². The predicted molar refractivity (Wildman–Crippen MR) is 87.7 cm³/mol. The lowest BCUT2D eigenvalue weighted by molar-refractivity contribution is 0.107. The van der Waals surface area contributed by atoms with E-state index in [0.29, 0.717) is 19.8 Å². The number of phosphoric acid groups is 1. The van der Waals surface area contributed by atoms with Crippen LogP contribution in [-0.4, -0.2) is 44.4 Å². The molecule has 0 aromatic carbocycles. The summed E-state index contributed by atoms with van der Waals surface area (Å²) in [6.07, 6.45) is 4.56. The van der Waals surface area contributed by atoms with Crippen molar-refractivity contribution in [3.63, 3.8) is 0 Å². The van der Waals surface area contributed by atoms with E-state index in [4.69, 9.17) is 13.6 Å². The summed E-state index contributed by atoms with van der Waals surface area (Å²) in [6.45, 7) is 12.7. The molecule has 0 unspecified atom stereocenters. The van der Waals surface area contributed by atoms with Crippen molar-refractivity contribution in [3.05, 3.63) is 0 Å². The Kier molecular flexibility index (Phi) is 13.8. The maximum atomic E-state index is 12.5. The highest BCUT2D eigenvalue weighted by molar-refractivity contribution is 7.48. The average Bonchev–Trinajstić information content (AvgIpc) is 2.48. The van der Waals surface area contributed by atoms with Gasteiger partial charge < -0.3 is 4.90 Å². The van der Waals surface area contributed by atoms with Gasteiger partial charge in [-0.3, -0.25) is 13.6 Å². The van der Waals surface area contributed by atoms with Crippen LogP contribution in [0.3, 0.4) is 0 Å². The van der Waals surface area contributed by atoms with Gasteiger partial charge in [0, 0.05) is 6.54 Å². The van der Waals surface area contributed by atoms with Gasteiger partial charge in [-0.05, 0) is 32.4 Å². The standard InChI is InChI=1S/C15H34NO4P/c1-5-9-13-18-21(17,19-14-10-6-2)20-15-11-12-16(7-3)8-4/h5-15H2,1-4H3. The van der Waals surface area contributed by atoms with Crippen molar-refractivity contribution in [2.24, 2.45) is 0 Å². The quantitative estimate of drug-likeness (QED) is 0.328. The lowest BCUT2D eigenvalue weighted by Gasteiger charge is -2.20. The van der Waals surface area contributed by atoms with E-state index in [1.54, 1.807) is 0 Å². The third-order valence-corrected chi connectivity index (χ3v) is 4.75. The molecule has 0 saturated carbocycles. The van der Waals surface area contributed by atoms with E-state index in [-0.39, 0.29) is 0 Å². The summed E-state index contributed by atoms with van der Waals surface area (Å²) in [5.41, 5.74) is 0. The van der Waals surface area contributed by atoms with Crippen LogP contribution in [0.4, 0.5) is 0 Å². The molecule has 6 heteroatoms. The molecule has 0 heterocycles. The molecule has 0 aromatic heterocycles. The first-order chi connectivity index (χ1) is 10.1. The largest absolute Gasteiger partial charge is 0.474 e. The SMILES string of the molecule is CCCCOP(=O)(OCCCC)OCCCN(CC)CC. The smallest absolute Gasteiger partial charge is 0.304 e. The third-order valence-electron chi connectivity index (χ3n) is 3.26. The first-order valence-electron chi connectivity index (χ1n) is 8.37. The summed E-state index contributed by atoms with van der Waals surface area (Å²) in [7, 11) is -3.37. The van der Waals surface area contributed by atoms with Gasteiger partial charge in [0.25, 0.3) is 0 Å². The van der Waals surface area contributed by atoms with Crippen LogP contribution in [0.15, 0.2) is 0 Å². The molecule has 0 atom stereocenters. The average molecular weight is 323 g/mol. The summed E-state index contributed by atoms with van der Waals surface area (Å²) >= 11 is 0. The minimum Gasteiger partial charge on any atom is -0.304 e. The summed E-state index contributed by atoms with van der Waals surface area (Å²) in [5, 5.41) is 0. The minimum absolute atomic E-state index is 0.409. The maximum absolute atomic E-state index is 12.5. The maximum Gasteiger partial charge on any atom is 0.474 e. The van der Waals surface area contributed by atoms with Crippen LogP contribution in [0.2, 0.25) is 0 Å². The van der Waals surface area contributed by atoms with Gasteiger partial charge in [-0.15, -0.1) is 0 Å². The molecule has 128 valence electrons. The number of hydrogen-bond acceptors (Lipinski definition) is 5. The fourth-order valence-corrected chi connectivity index (χ4v) is 3.04. The van der Waals surface area contributed by atoms with E-state index in [0.717, 1.165) is 51.7 Å². The molecular formula is C15H34NO4P. The van der Waals surface area contributed by atoms with Crippen LogP contribution >= 0.6 is 7.82 Å². The summed E-state index contributed by atoms with van der Waals surface area (Å²) in [6, 6.07) is 0. The van der Waals surface area contributed by atoms with Crippen molar-refractivity contribution in [1.29, 1.82) is 0 Å². The van der Waals surface area contributed by atoms with Crippen molar-refractivity contribution < 1.29 is 18.1 Å². The van der Waals surface area contributed by atoms with Gasteiger partial charge in [0.15, 0.2) is 0 Å². The fourth-order valence-electron chi connectivity index (χ4n) is 1.76. The molecule has 0 bridgehead atoms. The van der Waals surface area contributed by atoms with Crippen LogP contribution in [0, 0.1) is 0 Å². The molecule has 0 saturated heterocycles. The molecule has 5 nitrogen and oxygen atoms in total. The van der Waals surface area contributed by atoms with Crippen molar-refractivity contribution in [2.75, 3.05) is 39.5 Å². The summed E-state index contributed by atoms with van der Waals surface area (Å²) in [5.74, 6) is 0. The van der Waals surface area contributed by atoms with E-state index in [9.17, 15) is 4.57 Å². The molecule has 0 rings (SSSR count). The normalized spacial score (nSPS) is 12.2. The van der Waals surface area contributed by atoms with Gasteiger partial charge in [-0.25, -0.2) is 4.57 Å². The zero-order chi connectivity index (χ0) is 16.0. The van der Waals surface area contributed by atoms with Crippen molar-refractivity contribution >= 4 is 7.82 Å². The Hall–Kier alpha value is 0.0700. The van der Waals surface area contributed by atoms with Gasteiger partial charge in [-0.1, -0.05) is 40.5 Å². The molecule has 0 aliphatic carbocycles. The number of phosphoric ester groups is 1. The topological polar surface area (TPSA) is 48.0 Å². The highest BCUT2D eigenvalue weighted by Gasteiger charge is 2.26. The van der Waals surface area contributed by atoms with E-state index < -0.39 is 7.82 Å². The Balaban J connectivity index is 4.10. The van der Waals surface area contributed by atoms with Gasteiger partial charge in [-0.2, -0.15) is 0 Å². The van der Waals surface area contributed by atoms with Crippen LogP contribution in [0.1, 0.15) is 59.8 Å². The van der Waals surface area contributed by atoms with Gasteiger partial charge in [0.05, 0.1) is 19.8 Å². The van der Waals surface area contributed by atoms with E-state index in [1.807, 2.05) is 0 Å². The lowest BCUT2D eigenvalue weighted by Crippen LogP contribution is -2.24. The molecule has 0 N–H and O–H groups in total. The Morgan fingerprint density at radius 2 is 1.19 bits per heavy atom. The van der Waals surface area contributed by atoms with Gasteiger partial charge >= 0.3 is 7.82 Å². The van der Waals surface area contributed by atoms with Crippen LogP contribution in [0.5, 0.6) is 0 Å². The molecular weight excluding hydrogens is 289 g/mol. The Labute approximate surface area is 130 Å². The van der Waals surface area contributed by atoms with Crippen LogP contribution < -0.4 is 0 Å². The Morgan fingerprint density at radius 3 is 1.57 bits per heavy atom. The Morgan fingerprint density at radius 1 is 0.762 bits per heavy atom. The van der Waals surface area contributed by atoms with Crippen LogP contribution in [-0.2, 0) is 18.1 Å². The molecule has 0 spiro atoms. The van der Waals surface area contributed by atoms with E-state index >= 15 is 0 Å². The first kappa shape index (κ1) is 21.1. The minimum atomic E-state index is -3.37. The van der Waals surface area contributed by atoms with Crippen LogP contribution in [0.25, 0.3) is 0 Å².